The van der Waals surface area contributed by atoms with Crippen molar-refractivity contribution in [1.29, 1.82) is 0 Å². The van der Waals surface area contributed by atoms with E-state index in [1.165, 1.54) is 11.3 Å². The van der Waals surface area contributed by atoms with Crippen molar-refractivity contribution in [2.45, 2.75) is 6.92 Å². The summed E-state index contributed by atoms with van der Waals surface area (Å²) >= 11 is 1.48. The molecule has 0 aliphatic carbocycles. The Bertz CT molecular complexity index is 807. The summed E-state index contributed by atoms with van der Waals surface area (Å²) in [6.07, 6.45) is 0. The first kappa shape index (κ1) is 13.6. The molecule has 1 heterocycles. The second-order valence-electron chi connectivity index (χ2n) is 4.67. The van der Waals surface area contributed by atoms with Crippen LogP contribution in [-0.4, -0.2) is 12.6 Å². The Labute approximate surface area is 127 Å². The number of nitrogen functional groups attached to an aromatic ring is 1. The summed E-state index contributed by atoms with van der Waals surface area (Å²) in [6.45, 7) is 2.16. The van der Waals surface area contributed by atoms with E-state index in [1.54, 1.807) is 6.92 Å². The standard InChI is InChI=1S/C17H15NO2S/c1-2-20-17(19)14-10-21-9-13(14)16-12-6-4-3-5-11(12)7-8-15(16)18/h3-10H,2,18H2,1H3. The van der Waals surface area contributed by atoms with E-state index in [1.807, 2.05) is 47.2 Å². The lowest BCUT2D eigenvalue weighted by Crippen LogP contribution is -2.05. The second-order valence-corrected chi connectivity index (χ2v) is 5.41. The third-order valence-corrected chi connectivity index (χ3v) is 4.13. The van der Waals surface area contributed by atoms with Crippen LogP contribution in [0.15, 0.2) is 47.2 Å². The van der Waals surface area contributed by atoms with Gasteiger partial charge < -0.3 is 10.5 Å². The molecule has 2 N–H and O–H groups in total. The van der Waals surface area contributed by atoms with E-state index >= 15 is 0 Å². The van der Waals surface area contributed by atoms with Crippen molar-refractivity contribution in [3.05, 3.63) is 52.7 Å². The minimum Gasteiger partial charge on any atom is -0.462 e. The molecule has 4 heteroatoms. The van der Waals surface area contributed by atoms with Crippen molar-refractivity contribution in [3.8, 4) is 11.1 Å². The number of hydrogen-bond donors (Lipinski definition) is 1. The summed E-state index contributed by atoms with van der Waals surface area (Å²) in [5, 5.41) is 5.91. The lowest BCUT2D eigenvalue weighted by molar-refractivity contribution is 0.0528. The van der Waals surface area contributed by atoms with Crippen molar-refractivity contribution >= 4 is 33.8 Å². The number of esters is 1. The first-order chi connectivity index (χ1) is 10.2. The van der Waals surface area contributed by atoms with Crippen LogP contribution < -0.4 is 5.73 Å². The monoisotopic (exact) mass is 297 g/mol. The zero-order chi connectivity index (χ0) is 14.8. The zero-order valence-electron chi connectivity index (χ0n) is 11.6. The van der Waals surface area contributed by atoms with Gasteiger partial charge in [-0.05, 0) is 29.1 Å². The van der Waals surface area contributed by atoms with E-state index in [-0.39, 0.29) is 5.97 Å². The van der Waals surface area contributed by atoms with Crippen LogP contribution in [0.25, 0.3) is 21.9 Å². The number of carbonyl (C=O) groups excluding carboxylic acids is 1. The third-order valence-electron chi connectivity index (χ3n) is 3.39. The fraction of sp³-hybridized carbons (Fsp3) is 0.118. The molecule has 106 valence electrons. The van der Waals surface area contributed by atoms with Gasteiger partial charge in [0.25, 0.3) is 0 Å². The molecule has 0 unspecified atom stereocenters. The van der Waals surface area contributed by atoms with Gasteiger partial charge in [-0.1, -0.05) is 30.3 Å². The van der Waals surface area contributed by atoms with Gasteiger partial charge in [-0.2, -0.15) is 11.3 Å². The Hall–Kier alpha value is -2.33. The summed E-state index contributed by atoms with van der Waals surface area (Å²) < 4.78 is 5.13. The first-order valence-corrected chi connectivity index (χ1v) is 7.67. The molecule has 2 aromatic carbocycles. The maximum absolute atomic E-state index is 12.1. The van der Waals surface area contributed by atoms with Crippen LogP contribution in [0.3, 0.4) is 0 Å². The Morgan fingerprint density at radius 1 is 1.19 bits per heavy atom. The highest BCUT2D eigenvalue weighted by Gasteiger charge is 2.18. The molecule has 0 radical (unpaired) electrons. The highest BCUT2D eigenvalue weighted by molar-refractivity contribution is 7.08. The number of rotatable bonds is 3. The van der Waals surface area contributed by atoms with E-state index in [4.69, 9.17) is 10.5 Å². The fourth-order valence-electron chi connectivity index (χ4n) is 2.45. The van der Waals surface area contributed by atoms with Gasteiger partial charge in [0.15, 0.2) is 0 Å². The van der Waals surface area contributed by atoms with Crippen molar-refractivity contribution in [2.75, 3.05) is 12.3 Å². The van der Waals surface area contributed by atoms with Crippen molar-refractivity contribution in [3.63, 3.8) is 0 Å². The van der Waals surface area contributed by atoms with E-state index in [9.17, 15) is 4.79 Å². The van der Waals surface area contributed by atoms with Crippen LogP contribution in [0.1, 0.15) is 17.3 Å². The lowest BCUT2D eigenvalue weighted by atomic mass is 9.96. The predicted octanol–water partition coefficient (Wildman–Crippen LogP) is 4.33. The van der Waals surface area contributed by atoms with Crippen LogP contribution in [0.5, 0.6) is 0 Å². The van der Waals surface area contributed by atoms with Crippen molar-refractivity contribution in [2.24, 2.45) is 0 Å². The molecular formula is C17H15NO2S. The summed E-state index contributed by atoms with van der Waals surface area (Å²) in [5.74, 6) is -0.305. The molecular weight excluding hydrogens is 282 g/mol. The molecule has 0 saturated heterocycles. The number of hydrogen-bond acceptors (Lipinski definition) is 4. The summed E-state index contributed by atoms with van der Waals surface area (Å²) in [7, 11) is 0. The van der Waals surface area contributed by atoms with E-state index in [0.29, 0.717) is 17.9 Å². The van der Waals surface area contributed by atoms with Crippen LogP contribution >= 0.6 is 11.3 Å². The molecule has 1 aromatic heterocycles. The molecule has 0 atom stereocenters. The molecule has 0 aliphatic rings. The molecule has 3 nitrogen and oxygen atoms in total. The normalized spacial score (nSPS) is 10.7. The number of ether oxygens (including phenoxy) is 1. The molecule has 0 saturated carbocycles. The predicted molar refractivity (Wildman–Crippen MR) is 87.6 cm³/mol. The topological polar surface area (TPSA) is 52.3 Å². The lowest BCUT2D eigenvalue weighted by Gasteiger charge is -2.11. The maximum atomic E-state index is 12.1. The Kier molecular flexibility index (Phi) is 3.62. The minimum atomic E-state index is -0.305. The number of fused-ring (bicyclic) bond motifs is 1. The molecule has 0 amide bonds. The van der Waals surface area contributed by atoms with E-state index < -0.39 is 0 Å². The number of carbonyl (C=O) groups is 1. The molecule has 0 spiro atoms. The summed E-state index contributed by atoms with van der Waals surface area (Å²) in [5.41, 5.74) is 9.15. The van der Waals surface area contributed by atoms with Gasteiger partial charge in [-0.15, -0.1) is 0 Å². The van der Waals surface area contributed by atoms with Gasteiger partial charge in [0.2, 0.25) is 0 Å². The highest BCUT2D eigenvalue weighted by atomic mass is 32.1. The molecule has 3 rings (SSSR count). The summed E-state index contributed by atoms with van der Waals surface area (Å²) in [4.78, 5) is 12.1. The fourth-order valence-corrected chi connectivity index (χ4v) is 3.25. The highest BCUT2D eigenvalue weighted by Crippen LogP contribution is 2.37. The Morgan fingerprint density at radius 2 is 2.00 bits per heavy atom. The first-order valence-electron chi connectivity index (χ1n) is 6.73. The number of thiophene rings is 1. The van der Waals surface area contributed by atoms with Gasteiger partial charge in [0.05, 0.1) is 12.2 Å². The summed E-state index contributed by atoms with van der Waals surface area (Å²) in [6, 6.07) is 11.9. The number of benzene rings is 2. The number of nitrogens with two attached hydrogens (primary N) is 1. The van der Waals surface area contributed by atoms with Crippen molar-refractivity contribution in [1.82, 2.24) is 0 Å². The molecule has 0 fully saturated rings. The Morgan fingerprint density at radius 3 is 2.81 bits per heavy atom. The molecule has 0 aliphatic heterocycles. The maximum Gasteiger partial charge on any atom is 0.339 e. The largest absolute Gasteiger partial charge is 0.462 e. The van der Waals surface area contributed by atoms with Crippen molar-refractivity contribution < 1.29 is 9.53 Å². The van der Waals surface area contributed by atoms with Gasteiger partial charge >= 0.3 is 5.97 Å². The van der Waals surface area contributed by atoms with Crippen LogP contribution in [-0.2, 0) is 4.74 Å². The van der Waals surface area contributed by atoms with Gasteiger partial charge in [-0.3, -0.25) is 0 Å². The van der Waals surface area contributed by atoms with Crippen LogP contribution in [0.4, 0.5) is 5.69 Å². The molecule has 0 bridgehead atoms. The molecule has 21 heavy (non-hydrogen) atoms. The van der Waals surface area contributed by atoms with Gasteiger partial charge in [-0.25, -0.2) is 4.79 Å². The van der Waals surface area contributed by atoms with Gasteiger partial charge in [0, 0.05) is 22.2 Å². The van der Waals surface area contributed by atoms with Gasteiger partial charge in [0.1, 0.15) is 0 Å². The average Bonchev–Trinajstić information content (AvgIpc) is 2.96. The van der Waals surface area contributed by atoms with Crippen LogP contribution in [0.2, 0.25) is 0 Å². The Balaban J connectivity index is 2.24. The zero-order valence-corrected chi connectivity index (χ0v) is 12.4. The van der Waals surface area contributed by atoms with E-state index in [0.717, 1.165) is 21.9 Å². The number of anilines is 1. The quantitative estimate of drug-likeness (QED) is 0.578. The minimum absolute atomic E-state index is 0.305. The second kappa shape index (κ2) is 5.58. The third kappa shape index (κ3) is 2.38. The smallest absolute Gasteiger partial charge is 0.339 e. The SMILES string of the molecule is CCOC(=O)c1cscc1-c1c(N)ccc2ccccc12. The average molecular weight is 297 g/mol. The van der Waals surface area contributed by atoms with E-state index in [2.05, 4.69) is 0 Å². The van der Waals surface area contributed by atoms with Crippen LogP contribution in [0, 0.1) is 0 Å². The molecule has 3 aromatic rings.